The molecule has 0 unspecified atom stereocenters. The SMILES string of the molecule is COc1cccc(CC(C)(C)NC(=O)[C@H](CC(C)C)NC(=O)[C@@H](NC(=O)[C@@H](N)CNC(=O)c2[nH]c(=O)[nH]c(=O)c2F)C(C)C)c1. The van der Waals surface area contributed by atoms with E-state index in [2.05, 4.69) is 21.3 Å². The van der Waals surface area contributed by atoms with Gasteiger partial charge in [-0.1, -0.05) is 39.8 Å². The van der Waals surface area contributed by atoms with Gasteiger partial charge in [-0.15, -0.1) is 0 Å². The normalized spacial score (nSPS) is 13.5. The van der Waals surface area contributed by atoms with Gasteiger partial charge >= 0.3 is 5.69 Å². The number of methoxy groups -OCH3 is 1. The van der Waals surface area contributed by atoms with Gasteiger partial charge in [0.2, 0.25) is 23.5 Å². The monoisotopic (exact) mass is 633 g/mol. The summed E-state index contributed by atoms with van der Waals surface area (Å²) in [6.45, 7) is 10.4. The number of benzene rings is 1. The summed E-state index contributed by atoms with van der Waals surface area (Å²) < 4.78 is 19.2. The average molecular weight is 634 g/mol. The number of hydrogen-bond donors (Lipinski definition) is 7. The third-order valence-electron chi connectivity index (χ3n) is 6.76. The molecule has 8 N–H and O–H groups in total. The second kappa shape index (κ2) is 16.0. The van der Waals surface area contributed by atoms with Crippen LogP contribution in [0.5, 0.6) is 5.75 Å². The predicted molar refractivity (Wildman–Crippen MR) is 165 cm³/mol. The molecule has 1 aromatic carbocycles. The number of amides is 4. The smallest absolute Gasteiger partial charge is 0.326 e. The van der Waals surface area contributed by atoms with Crippen molar-refractivity contribution in [3.8, 4) is 5.75 Å². The number of carbonyl (C=O) groups excluding carboxylic acids is 4. The van der Waals surface area contributed by atoms with Gasteiger partial charge < -0.3 is 36.7 Å². The number of rotatable bonds is 15. The molecule has 0 saturated carbocycles. The largest absolute Gasteiger partial charge is 0.497 e. The van der Waals surface area contributed by atoms with Gasteiger partial charge in [-0.2, -0.15) is 4.39 Å². The van der Waals surface area contributed by atoms with Crippen molar-refractivity contribution in [2.45, 2.75) is 78.0 Å². The molecule has 0 aliphatic rings. The second-order valence-electron chi connectivity index (χ2n) is 12.2. The summed E-state index contributed by atoms with van der Waals surface area (Å²) in [5.74, 6) is -4.16. The fourth-order valence-electron chi connectivity index (χ4n) is 4.53. The molecule has 0 fully saturated rings. The molecule has 0 aliphatic carbocycles. The summed E-state index contributed by atoms with van der Waals surface area (Å²) in [5, 5.41) is 10.5. The molecule has 4 amide bonds. The highest BCUT2D eigenvalue weighted by Gasteiger charge is 2.32. The lowest BCUT2D eigenvalue weighted by Gasteiger charge is -2.31. The summed E-state index contributed by atoms with van der Waals surface area (Å²) in [5.41, 5.74) is 2.77. The highest BCUT2D eigenvalue weighted by molar-refractivity contribution is 5.95. The van der Waals surface area contributed by atoms with Crippen LogP contribution in [0.2, 0.25) is 0 Å². The zero-order valence-electron chi connectivity index (χ0n) is 26.6. The van der Waals surface area contributed by atoms with Gasteiger partial charge in [-0.3, -0.25) is 29.0 Å². The molecule has 0 bridgehead atoms. The summed E-state index contributed by atoms with van der Waals surface area (Å²) in [6, 6.07) is 4.13. The highest BCUT2D eigenvalue weighted by Crippen LogP contribution is 2.19. The number of nitrogens with two attached hydrogens (primary N) is 1. The topological polar surface area (TPSA) is 217 Å². The van der Waals surface area contributed by atoms with Crippen LogP contribution in [-0.4, -0.2) is 70.9 Å². The lowest BCUT2D eigenvalue weighted by Crippen LogP contribution is -2.60. The summed E-state index contributed by atoms with van der Waals surface area (Å²) in [4.78, 5) is 78.2. The molecule has 45 heavy (non-hydrogen) atoms. The van der Waals surface area contributed by atoms with E-state index in [9.17, 15) is 33.2 Å². The Kier molecular flexibility index (Phi) is 13.0. The van der Waals surface area contributed by atoms with E-state index in [1.165, 1.54) is 0 Å². The predicted octanol–water partition coefficient (Wildman–Crippen LogP) is 0.0772. The molecule has 1 aromatic heterocycles. The number of H-pyrrole nitrogens is 2. The third-order valence-corrected chi connectivity index (χ3v) is 6.76. The van der Waals surface area contributed by atoms with Gasteiger partial charge in [0.15, 0.2) is 0 Å². The summed E-state index contributed by atoms with van der Waals surface area (Å²) in [6.07, 6.45) is 0.832. The number of aromatic amines is 2. The number of hydrogen-bond acceptors (Lipinski definition) is 8. The molecule has 2 aromatic rings. The molecule has 2 rings (SSSR count). The molecular weight excluding hydrogens is 589 g/mol. The van der Waals surface area contributed by atoms with Crippen LogP contribution >= 0.6 is 0 Å². The van der Waals surface area contributed by atoms with E-state index in [1.54, 1.807) is 25.9 Å². The molecule has 14 nitrogen and oxygen atoms in total. The highest BCUT2D eigenvalue weighted by atomic mass is 19.1. The minimum Gasteiger partial charge on any atom is -0.497 e. The van der Waals surface area contributed by atoms with E-state index < -0.39 is 76.6 Å². The van der Waals surface area contributed by atoms with Gasteiger partial charge in [0.05, 0.1) is 7.11 Å². The van der Waals surface area contributed by atoms with Crippen molar-refractivity contribution in [2.75, 3.05) is 13.7 Å². The molecule has 3 atom stereocenters. The molecule has 0 saturated heterocycles. The minimum absolute atomic E-state index is 0.0478. The molecule has 248 valence electrons. The van der Waals surface area contributed by atoms with Crippen molar-refractivity contribution in [3.63, 3.8) is 0 Å². The van der Waals surface area contributed by atoms with E-state index in [4.69, 9.17) is 10.5 Å². The average Bonchev–Trinajstić information content (AvgIpc) is 2.94. The zero-order valence-corrected chi connectivity index (χ0v) is 26.6. The molecule has 15 heteroatoms. The van der Waals surface area contributed by atoms with Gasteiger partial charge in [-0.25, -0.2) is 4.79 Å². The Morgan fingerprint density at radius 1 is 1.00 bits per heavy atom. The Balaban J connectivity index is 2.08. The summed E-state index contributed by atoms with van der Waals surface area (Å²) >= 11 is 0. The number of halogens is 1. The Morgan fingerprint density at radius 3 is 2.27 bits per heavy atom. The van der Waals surface area contributed by atoms with E-state index >= 15 is 0 Å². The van der Waals surface area contributed by atoms with Crippen LogP contribution in [0, 0.1) is 17.7 Å². The van der Waals surface area contributed by atoms with Crippen LogP contribution in [-0.2, 0) is 20.8 Å². The Morgan fingerprint density at radius 2 is 1.67 bits per heavy atom. The van der Waals surface area contributed by atoms with Gasteiger partial charge in [0, 0.05) is 12.1 Å². The van der Waals surface area contributed by atoms with Crippen molar-refractivity contribution in [1.29, 1.82) is 0 Å². The van der Waals surface area contributed by atoms with Crippen LogP contribution < -0.4 is 43.0 Å². The van der Waals surface area contributed by atoms with Gasteiger partial charge in [0.25, 0.3) is 11.5 Å². The molecule has 0 radical (unpaired) electrons. The van der Waals surface area contributed by atoms with Crippen molar-refractivity contribution in [3.05, 3.63) is 62.2 Å². The van der Waals surface area contributed by atoms with Crippen molar-refractivity contribution in [1.82, 2.24) is 31.2 Å². The molecule has 1 heterocycles. The first kappa shape index (κ1) is 36.7. The molecule has 0 spiro atoms. The lowest BCUT2D eigenvalue weighted by atomic mass is 9.93. The minimum atomic E-state index is -1.51. The first-order valence-electron chi connectivity index (χ1n) is 14.6. The van der Waals surface area contributed by atoms with Crippen LogP contribution in [0.1, 0.15) is 64.0 Å². The number of carbonyl (C=O) groups is 4. The maximum atomic E-state index is 14.0. The van der Waals surface area contributed by atoms with Crippen molar-refractivity contribution in [2.24, 2.45) is 17.6 Å². The van der Waals surface area contributed by atoms with Crippen molar-refractivity contribution >= 4 is 23.6 Å². The first-order chi connectivity index (χ1) is 20.9. The van der Waals surface area contributed by atoms with Crippen LogP contribution in [0.3, 0.4) is 0 Å². The molecule has 0 aliphatic heterocycles. The summed E-state index contributed by atoms with van der Waals surface area (Å²) in [7, 11) is 1.58. The van der Waals surface area contributed by atoms with E-state index in [0.29, 0.717) is 18.6 Å². The number of nitrogens with one attached hydrogen (secondary N) is 6. The quantitative estimate of drug-likeness (QED) is 0.142. The number of aromatic nitrogens is 2. The van der Waals surface area contributed by atoms with Crippen molar-refractivity contribution < 1.29 is 28.3 Å². The zero-order chi connectivity index (χ0) is 34.1. The second-order valence-corrected chi connectivity index (χ2v) is 12.2. The van der Waals surface area contributed by atoms with Crippen LogP contribution in [0.4, 0.5) is 4.39 Å². The lowest BCUT2D eigenvalue weighted by molar-refractivity contribution is -0.134. The number of ether oxygens (including phenoxy) is 1. The van der Waals surface area contributed by atoms with Gasteiger partial charge in [0.1, 0.15) is 29.6 Å². The molecular formula is C30H44FN7O7. The first-order valence-corrected chi connectivity index (χ1v) is 14.6. The van der Waals surface area contributed by atoms with Gasteiger partial charge in [-0.05, 0) is 56.2 Å². The van der Waals surface area contributed by atoms with E-state index in [1.807, 2.05) is 56.9 Å². The van der Waals surface area contributed by atoms with E-state index in [0.717, 1.165) is 5.56 Å². The fourth-order valence-corrected chi connectivity index (χ4v) is 4.53. The van der Waals surface area contributed by atoms with E-state index in [-0.39, 0.29) is 11.8 Å². The maximum absolute atomic E-state index is 14.0. The third kappa shape index (κ3) is 11.2. The standard InChI is InChI=1S/C30H44FN7O7/c1-15(2)11-20(25(40)38-30(5,6)13-17-9-8-10-18(12-17)45-7)34-28(43)22(16(3)4)35-24(39)19(32)14-33-27(42)23-21(31)26(41)37-29(44)36-23/h8-10,12,15-16,19-20,22H,11,13-14,32H2,1-7H3,(H,33,42)(H,34,43)(H,35,39)(H,38,40)(H2,36,37,41,44)/t19-,20-,22-/m0/s1. The van der Waals surface area contributed by atoms with Crippen LogP contribution in [0.25, 0.3) is 0 Å². The van der Waals surface area contributed by atoms with Crippen LogP contribution in [0.15, 0.2) is 33.9 Å². The Bertz CT molecular complexity index is 1490. The Hall–Kier alpha value is -4.53. The fraction of sp³-hybridized carbons (Fsp3) is 0.533. The Labute approximate surface area is 260 Å². The maximum Gasteiger partial charge on any atom is 0.326 e.